The maximum absolute atomic E-state index is 13.1. The molecule has 0 radical (unpaired) electrons. The molecule has 8 nitrogen and oxygen atoms in total. The average molecular weight is 534 g/mol. The van der Waals surface area contributed by atoms with Gasteiger partial charge in [0, 0.05) is 18.4 Å². The van der Waals surface area contributed by atoms with Crippen LogP contribution in [0.1, 0.15) is 33.2 Å². The van der Waals surface area contributed by atoms with Crippen LogP contribution < -0.4 is 14.2 Å². The van der Waals surface area contributed by atoms with Crippen molar-refractivity contribution in [3.63, 3.8) is 0 Å². The van der Waals surface area contributed by atoms with Crippen molar-refractivity contribution in [2.24, 2.45) is 0 Å². The Morgan fingerprint density at radius 2 is 1.67 bits per heavy atom. The van der Waals surface area contributed by atoms with Gasteiger partial charge in [-0.25, -0.2) is 4.79 Å². The van der Waals surface area contributed by atoms with Crippen LogP contribution in [0.3, 0.4) is 0 Å². The summed E-state index contributed by atoms with van der Waals surface area (Å²) < 4.78 is 28.1. The van der Waals surface area contributed by atoms with Gasteiger partial charge >= 0.3 is 5.97 Å². The van der Waals surface area contributed by atoms with Crippen molar-refractivity contribution >= 4 is 29.2 Å². The highest BCUT2D eigenvalue weighted by Crippen LogP contribution is 2.35. The lowest BCUT2D eigenvalue weighted by atomic mass is 10.0. The maximum Gasteiger partial charge on any atom is 0.338 e. The number of benzene rings is 2. The number of hydrogen-bond donors (Lipinski definition) is 0. The van der Waals surface area contributed by atoms with E-state index >= 15 is 0 Å². The molecule has 0 bridgehead atoms. The molecule has 0 aliphatic carbocycles. The molecule has 0 amide bonds. The van der Waals surface area contributed by atoms with E-state index in [2.05, 4.69) is 0 Å². The summed E-state index contributed by atoms with van der Waals surface area (Å²) in [5, 5.41) is 12.0. The predicted octanol–water partition coefficient (Wildman–Crippen LogP) is 4.70. The number of aromatic nitrogens is 1. The van der Waals surface area contributed by atoms with Gasteiger partial charge in [0.05, 0.1) is 33.0 Å². The number of halogens is 2. The Balaban J connectivity index is 1.59. The number of esters is 1. The van der Waals surface area contributed by atoms with Crippen molar-refractivity contribution in [2.45, 2.75) is 25.2 Å². The molecule has 0 unspecified atom stereocenters. The number of rotatable bonds is 9. The largest absolute Gasteiger partial charge is 0.619 e. The molecule has 1 atom stereocenters. The first kappa shape index (κ1) is 26.0. The summed E-state index contributed by atoms with van der Waals surface area (Å²) in [5.41, 5.74) is 2.47. The van der Waals surface area contributed by atoms with Crippen LogP contribution in [0.2, 0.25) is 10.0 Å². The van der Waals surface area contributed by atoms with Gasteiger partial charge in [-0.05, 0) is 35.4 Å². The third kappa shape index (κ3) is 6.20. The van der Waals surface area contributed by atoms with Crippen LogP contribution in [-0.2, 0) is 27.1 Å². The van der Waals surface area contributed by atoms with Crippen molar-refractivity contribution in [3.05, 3.63) is 92.4 Å². The first-order valence-corrected chi connectivity index (χ1v) is 11.9. The molecule has 1 fully saturated rings. The van der Waals surface area contributed by atoms with Crippen LogP contribution >= 0.6 is 23.2 Å². The Morgan fingerprint density at radius 1 is 1.03 bits per heavy atom. The molecular weight excluding hydrogens is 509 g/mol. The molecule has 1 saturated heterocycles. The SMILES string of the molecule is COc1ccc([C@H](Cc2c(Cl)c[n+]([O-])cc2Cl)OC(=O)c2ccc(CC3OCCO3)cc2)cc1OC. The highest BCUT2D eigenvalue weighted by atomic mass is 35.5. The van der Waals surface area contributed by atoms with Crippen molar-refractivity contribution in [3.8, 4) is 11.5 Å². The smallest absolute Gasteiger partial charge is 0.338 e. The summed E-state index contributed by atoms with van der Waals surface area (Å²) >= 11 is 12.6. The van der Waals surface area contributed by atoms with Gasteiger partial charge in [0.2, 0.25) is 0 Å². The zero-order valence-corrected chi connectivity index (χ0v) is 21.3. The second-order valence-electron chi connectivity index (χ2n) is 8.08. The second-order valence-corrected chi connectivity index (χ2v) is 8.89. The molecule has 36 heavy (non-hydrogen) atoms. The summed E-state index contributed by atoms with van der Waals surface area (Å²) in [6.45, 7) is 1.16. The molecule has 4 rings (SSSR count). The van der Waals surface area contributed by atoms with E-state index in [1.807, 2.05) is 12.1 Å². The van der Waals surface area contributed by atoms with Crippen LogP contribution in [0, 0.1) is 5.21 Å². The quantitative estimate of drug-likeness (QED) is 0.223. The van der Waals surface area contributed by atoms with Gasteiger partial charge in [-0.15, -0.1) is 0 Å². The third-order valence-corrected chi connectivity index (χ3v) is 6.41. The van der Waals surface area contributed by atoms with E-state index in [0.29, 0.717) is 52.6 Å². The van der Waals surface area contributed by atoms with Crippen LogP contribution in [0.15, 0.2) is 54.9 Å². The topological polar surface area (TPSA) is 90.2 Å². The van der Waals surface area contributed by atoms with Gasteiger partial charge in [0.1, 0.15) is 16.1 Å². The van der Waals surface area contributed by atoms with Gasteiger partial charge in [0.15, 0.2) is 30.2 Å². The molecule has 2 aromatic carbocycles. The zero-order chi connectivity index (χ0) is 25.7. The molecule has 0 N–H and O–H groups in total. The monoisotopic (exact) mass is 533 g/mol. The Bertz CT molecular complexity index is 1190. The molecule has 1 aliphatic rings. The number of ether oxygens (including phenoxy) is 5. The fraction of sp³-hybridized carbons (Fsp3) is 0.308. The number of methoxy groups -OCH3 is 2. The zero-order valence-electron chi connectivity index (χ0n) is 19.7. The van der Waals surface area contributed by atoms with E-state index in [4.69, 9.17) is 46.9 Å². The minimum Gasteiger partial charge on any atom is -0.619 e. The number of nitrogens with zero attached hydrogens (tertiary/aromatic N) is 1. The molecule has 3 aromatic rings. The fourth-order valence-corrected chi connectivity index (χ4v) is 4.48. The van der Waals surface area contributed by atoms with Crippen molar-refractivity contribution in [2.75, 3.05) is 27.4 Å². The molecule has 10 heteroatoms. The van der Waals surface area contributed by atoms with E-state index in [0.717, 1.165) is 5.56 Å². The van der Waals surface area contributed by atoms with Crippen molar-refractivity contribution in [1.29, 1.82) is 0 Å². The van der Waals surface area contributed by atoms with Crippen LogP contribution in [0.4, 0.5) is 0 Å². The summed E-state index contributed by atoms with van der Waals surface area (Å²) in [6, 6.07) is 12.3. The van der Waals surface area contributed by atoms with Gasteiger partial charge < -0.3 is 28.9 Å². The Morgan fingerprint density at radius 3 is 2.28 bits per heavy atom. The van der Waals surface area contributed by atoms with Gasteiger partial charge in [-0.1, -0.05) is 41.4 Å². The standard InChI is InChI=1S/C26H25Cl2NO7/c1-32-22-8-7-18(12-24(22)33-2)23(13-19-20(27)14-29(31)15-21(19)28)36-26(30)17-5-3-16(4-6-17)11-25-34-9-10-35-25/h3-8,12,14-15,23,25H,9-11,13H2,1-2H3/t23-/m0/s1. The van der Waals surface area contributed by atoms with E-state index in [9.17, 15) is 10.0 Å². The van der Waals surface area contributed by atoms with Gasteiger partial charge in [-0.2, -0.15) is 4.73 Å². The lowest BCUT2D eigenvalue weighted by Crippen LogP contribution is -2.25. The van der Waals surface area contributed by atoms with Crippen molar-refractivity contribution in [1.82, 2.24) is 0 Å². The van der Waals surface area contributed by atoms with Crippen LogP contribution in [0.5, 0.6) is 11.5 Å². The van der Waals surface area contributed by atoms with E-state index in [-0.39, 0.29) is 22.8 Å². The number of carbonyl (C=O) groups is 1. The highest BCUT2D eigenvalue weighted by Gasteiger charge is 2.24. The van der Waals surface area contributed by atoms with Gasteiger partial charge in [-0.3, -0.25) is 0 Å². The molecule has 1 aliphatic heterocycles. The number of hydrogen-bond acceptors (Lipinski definition) is 7. The molecule has 190 valence electrons. The van der Waals surface area contributed by atoms with E-state index in [1.54, 1.807) is 30.3 Å². The first-order valence-electron chi connectivity index (χ1n) is 11.2. The van der Waals surface area contributed by atoms with Crippen molar-refractivity contribution < 1.29 is 33.2 Å². The van der Waals surface area contributed by atoms with Crippen LogP contribution in [-0.4, -0.2) is 39.7 Å². The molecule has 0 spiro atoms. The lowest BCUT2D eigenvalue weighted by molar-refractivity contribution is -0.605. The summed E-state index contributed by atoms with van der Waals surface area (Å²) in [4.78, 5) is 13.1. The summed E-state index contributed by atoms with van der Waals surface area (Å²) in [5.74, 6) is 0.469. The van der Waals surface area contributed by atoms with Gasteiger partial charge in [0.25, 0.3) is 0 Å². The summed E-state index contributed by atoms with van der Waals surface area (Å²) in [7, 11) is 3.05. The predicted molar refractivity (Wildman–Crippen MR) is 133 cm³/mol. The van der Waals surface area contributed by atoms with E-state index in [1.165, 1.54) is 26.6 Å². The minimum absolute atomic E-state index is 0.133. The number of carbonyl (C=O) groups excluding carboxylic acids is 1. The summed E-state index contributed by atoms with van der Waals surface area (Å²) in [6.07, 6.45) is 2.07. The minimum atomic E-state index is -0.783. The first-order chi connectivity index (χ1) is 17.4. The second kappa shape index (κ2) is 11.8. The molecule has 2 heterocycles. The van der Waals surface area contributed by atoms with E-state index < -0.39 is 12.1 Å². The van der Waals surface area contributed by atoms with Crippen LogP contribution in [0.25, 0.3) is 0 Å². The maximum atomic E-state index is 13.1. The Hall–Kier alpha value is -3.04. The highest BCUT2D eigenvalue weighted by molar-refractivity contribution is 6.35. The fourth-order valence-electron chi connectivity index (χ4n) is 3.88. The third-order valence-electron chi connectivity index (χ3n) is 5.76. The molecular formula is C26H25Cl2NO7. The average Bonchev–Trinajstić information content (AvgIpc) is 3.38. The molecule has 1 aromatic heterocycles. The molecule has 0 saturated carbocycles. The lowest BCUT2D eigenvalue weighted by Gasteiger charge is -2.21. The number of pyridine rings is 1. The normalized spacial score (nSPS) is 14.4. The Labute approximate surface area is 218 Å². The Kier molecular flexibility index (Phi) is 8.53.